The number of rotatable bonds is 4. The lowest BCUT2D eigenvalue weighted by Gasteiger charge is -2.06. The standard InChI is InChI=1S/C16H16N2O3/c1-3-21-16(20)12-7-9-13(10-8-12)18-15(19)14-6-4-5-11(2)17-14/h4-10H,3H2,1-2H3,(H,18,19). The Labute approximate surface area is 123 Å². The van der Waals surface area contributed by atoms with Gasteiger partial charge in [0.05, 0.1) is 12.2 Å². The Morgan fingerprint density at radius 2 is 1.86 bits per heavy atom. The maximum Gasteiger partial charge on any atom is 0.338 e. The van der Waals surface area contributed by atoms with Gasteiger partial charge < -0.3 is 10.1 Å². The monoisotopic (exact) mass is 284 g/mol. The van der Waals surface area contributed by atoms with E-state index in [1.165, 1.54) is 0 Å². The molecule has 0 atom stereocenters. The number of anilines is 1. The Balaban J connectivity index is 2.06. The maximum atomic E-state index is 12.0. The van der Waals surface area contributed by atoms with Gasteiger partial charge in [0.15, 0.2) is 0 Å². The zero-order valence-corrected chi connectivity index (χ0v) is 11.9. The first-order valence-electron chi connectivity index (χ1n) is 6.62. The molecular weight excluding hydrogens is 268 g/mol. The molecule has 0 bridgehead atoms. The number of amides is 1. The lowest BCUT2D eigenvalue weighted by atomic mass is 10.2. The van der Waals surface area contributed by atoms with Crippen molar-refractivity contribution in [1.82, 2.24) is 4.98 Å². The highest BCUT2D eigenvalue weighted by Crippen LogP contribution is 2.12. The summed E-state index contributed by atoms with van der Waals surface area (Å²) in [6, 6.07) is 11.8. The molecule has 0 aliphatic carbocycles. The maximum absolute atomic E-state index is 12.0. The van der Waals surface area contributed by atoms with Gasteiger partial charge in [-0.2, -0.15) is 0 Å². The third-order valence-corrected chi connectivity index (χ3v) is 2.77. The van der Waals surface area contributed by atoms with Crippen molar-refractivity contribution in [3.8, 4) is 0 Å². The van der Waals surface area contributed by atoms with Crippen LogP contribution in [0.2, 0.25) is 0 Å². The normalized spacial score (nSPS) is 10.0. The molecule has 1 N–H and O–H groups in total. The van der Waals surface area contributed by atoms with Gasteiger partial charge in [-0.15, -0.1) is 0 Å². The van der Waals surface area contributed by atoms with Gasteiger partial charge >= 0.3 is 5.97 Å². The van der Waals surface area contributed by atoms with Gasteiger partial charge in [-0.25, -0.2) is 9.78 Å². The summed E-state index contributed by atoms with van der Waals surface area (Å²) in [6.07, 6.45) is 0. The molecule has 1 amide bonds. The topological polar surface area (TPSA) is 68.3 Å². The summed E-state index contributed by atoms with van der Waals surface area (Å²) in [5, 5.41) is 2.73. The minimum absolute atomic E-state index is 0.289. The summed E-state index contributed by atoms with van der Waals surface area (Å²) in [5.74, 6) is -0.668. The molecule has 0 radical (unpaired) electrons. The molecule has 0 saturated carbocycles. The molecule has 2 aromatic rings. The average Bonchev–Trinajstić information content (AvgIpc) is 2.48. The summed E-state index contributed by atoms with van der Waals surface area (Å²) >= 11 is 0. The predicted octanol–water partition coefficient (Wildman–Crippen LogP) is 2.82. The van der Waals surface area contributed by atoms with Crippen molar-refractivity contribution in [3.05, 3.63) is 59.4 Å². The summed E-state index contributed by atoms with van der Waals surface area (Å²) in [4.78, 5) is 27.7. The summed E-state index contributed by atoms with van der Waals surface area (Å²) < 4.78 is 4.90. The average molecular weight is 284 g/mol. The minimum atomic E-state index is -0.379. The predicted molar refractivity (Wildman–Crippen MR) is 79.3 cm³/mol. The van der Waals surface area contributed by atoms with E-state index in [9.17, 15) is 9.59 Å². The largest absolute Gasteiger partial charge is 0.462 e. The van der Waals surface area contributed by atoms with E-state index in [-0.39, 0.29) is 11.9 Å². The molecule has 0 spiro atoms. The molecule has 0 aliphatic rings. The first-order valence-corrected chi connectivity index (χ1v) is 6.62. The highest BCUT2D eigenvalue weighted by molar-refractivity contribution is 6.03. The molecule has 1 aromatic heterocycles. The zero-order valence-electron chi connectivity index (χ0n) is 11.9. The Bertz CT molecular complexity index is 651. The number of aryl methyl sites for hydroxylation is 1. The van der Waals surface area contributed by atoms with Crippen molar-refractivity contribution in [2.75, 3.05) is 11.9 Å². The molecule has 2 rings (SSSR count). The van der Waals surface area contributed by atoms with Crippen LogP contribution in [0, 0.1) is 6.92 Å². The quantitative estimate of drug-likeness (QED) is 0.877. The third-order valence-electron chi connectivity index (χ3n) is 2.77. The van der Waals surface area contributed by atoms with E-state index < -0.39 is 0 Å². The van der Waals surface area contributed by atoms with E-state index >= 15 is 0 Å². The fraction of sp³-hybridized carbons (Fsp3) is 0.188. The first-order chi connectivity index (χ1) is 10.1. The van der Waals surface area contributed by atoms with Gasteiger partial charge in [-0.1, -0.05) is 6.07 Å². The van der Waals surface area contributed by atoms with Gasteiger partial charge in [0, 0.05) is 11.4 Å². The molecule has 5 heteroatoms. The third kappa shape index (κ3) is 3.89. The smallest absolute Gasteiger partial charge is 0.338 e. The van der Waals surface area contributed by atoms with Crippen molar-refractivity contribution in [2.24, 2.45) is 0 Å². The van der Waals surface area contributed by atoms with Gasteiger partial charge in [0.1, 0.15) is 5.69 Å². The van der Waals surface area contributed by atoms with Crippen LogP contribution in [0.15, 0.2) is 42.5 Å². The molecule has 1 heterocycles. The second-order valence-corrected chi connectivity index (χ2v) is 4.42. The second-order valence-electron chi connectivity index (χ2n) is 4.42. The molecule has 0 saturated heterocycles. The number of ether oxygens (including phenoxy) is 1. The number of esters is 1. The first kappa shape index (κ1) is 14.7. The van der Waals surface area contributed by atoms with Gasteiger partial charge in [0.2, 0.25) is 0 Å². The van der Waals surface area contributed by atoms with Gasteiger partial charge in [-0.3, -0.25) is 4.79 Å². The number of hydrogen-bond donors (Lipinski definition) is 1. The number of carbonyl (C=O) groups is 2. The van der Waals surface area contributed by atoms with Crippen LogP contribution in [-0.4, -0.2) is 23.5 Å². The fourth-order valence-electron chi connectivity index (χ4n) is 1.77. The zero-order chi connectivity index (χ0) is 15.2. The summed E-state index contributed by atoms with van der Waals surface area (Å²) in [6.45, 7) is 3.91. The Morgan fingerprint density at radius 1 is 1.14 bits per heavy atom. The second kappa shape index (κ2) is 6.65. The van der Waals surface area contributed by atoms with E-state index in [1.807, 2.05) is 13.0 Å². The van der Waals surface area contributed by atoms with Gasteiger partial charge in [-0.05, 0) is 50.2 Å². The Hall–Kier alpha value is -2.69. The van der Waals surface area contributed by atoms with E-state index in [2.05, 4.69) is 10.3 Å². The lowest BCUT2D eigenvalue weighted by Crippen LogP contribution is -2.14. The molecule has 0 unspecified atom stereocenters. The Morgan fingerprint density at radius 3 is 2.48 bits per heavy atom. The highest BCUT2D eigenvalue weighted by Gasteiger charge is 2.09. The number of aromatic nitrogens is 1. The molecule has 0 fully saturated rings. The highest BCUT2D eigenvalue weighted by atomic mass is 16.5. The molecule has 5 nitrogen and oxygen atoms in total. The van der Waals surface area contributed by atoms with Crippen LogP contribution in [0.4, 0.5) is 5.69 Å². The number of benzene rings is 1. The van der Waals surface area contributed by atoms with Crippen LogP contribution >= 0.6 is 0 Å². The summed E-state index contributed by atoms with van der Waals surface area (Å²) in [7, 11) is 0. The van der Waals surface area contributed by atoms with Crippen molar-refractivity contribution in [2.45, 2.75) is 13.8 Å². The van der Waals surface area contributed by atoms with Crippen LogP contribution in [0.1, 0.15) is 33.5 Å². The van der Waals surface area contributed by atoms with Crippen LogP contribution in [0.3, 0.4) is 0 Å². The van der Waals surface area contributed by atoms with Crippen LogP contribution in [-0.2, 0) is 4.74 Å². The number of hydrogen-bond acceptors (Lipinski definition) is 4. The van der Waals surface area contributed by atoms with Crippen molar-refractivity contribution >= 4 is 17.6 Å². The number of pyridine rings is 1. The van der Waals surface area contributed by atoms with Crippen LogP contribution in [0.5, 0.6) is 0 Å². The van der Waals surface area contributed by atoms with Crippen molar-refractivity contribution < 1.29 is 14.3 Å². The number of carbonyl (C=O) groups excluding carboxylic acids is 2. The number of nitrogens with one attached hydrogen (secondary N) is 1. The molecule has 1 aromatic carbocycles. The Kier molecular flexibility index (Phi) is 4.66. The van der Waals surface area contributed by atoms with Crippen LogP contribution < -0.4 is 5.32 Å². The SMILES string of the molecule is CCOC(=O)c1ccc(NC(=O)c2cccc(C)n2)cc1. The molecule has 108 valence electrons. The van der Waals surface area contributed by atoms with Crippen molar-refractivity contribution in [1.29, 1.82) is 0 Å². The van der Waals surface area contributed by atoms with E-state index in [0.29, 0.717) is 23.6 Å². The number of nitrogens with zero attached hydrogens (tertiary/aromatic N) is 1. The minimum Gasteiger partial charge on any atom is -0.462 e. The van der Waals surface area contributed by atoms with E-state index in [1.54, 1.807) is 43.3 Å². The summed E-state index contributed by atoms with van der Waals surface area (Å²) in [5.41, 5.74) is 2.17. The molecule has 0 aliphatic heterocycles. The van der Waals surface area contributed by atoms with Crippen LogP contribution in [0.25, 0.3) is 0 Å². The lowest BCUT2D eigenvalue weighted by molar-refractivity contribution is 0.0526. The van der Waals surface area contributed by atoms with E-state index in [0.717, 1.165) is 5.69 Å². The van der Waals surface area contributed by atoms with Crippen molar-refractivity contribution in [3.63, 3.8) is 0 Å². The molecular formula is C16H16N2O3. The molecule has 21 heavy (non-hydrogen) atoms. The van der Waals surface area contributed by atoms with Gasteiger partial charge in [0.25, 0.3) is 5.91 Å². The van der Waals surface area contributed by atoms with E-state index in [4.69, 9.17) is 4.74 Å². The fourth-order valence-corrected chi connectivity index (χ4v) is 1.77.